The largest absolute Gasteiger partial charge is 0.478 e. The van der Waals surface area contributed by atoms with Crippen LogP contribution in [0, 0.1) is 6.92 Å². The van der Waals surface area contributed by atoms with Gasteiger partial charge in [0.05, 0.1) is 23.9 Å². The molecular formula is C13H16N2O4. The second kappa shape index (κ2) is 5.36. The van der Waals surface area contributed by atoms with Gasteiger partial charge in [0.15, 0.2) is 0 Å². The molecule has 102 valence electrons. The van der Waals surface area contributed by atoms with Crippen LogP contribution in [0.25, 0.3) is 0 Å². The van der Waals surface area contributed by atoms with Crippen molar-refractivity contribution in [3.63, 3.8) is 0 Å². The van der Waals surface area contributed by atoms with Gasteiger partial charge in [-0.1, -0.05) is 0 Å². The summed E-state index contributed by atoms with van der Waals surface area (Å²) in [7, 11) is 1.71. The highest BCUT2D eigenvalue weighted by molar-refractivity contribution is 5.94. The average Bonchev–Trinajstić information content (AvgIpc) is 2.90. The van der Waals surface area contributed by atoms with Crippen molar-refractivity contribution in [3.05, 3.63) is 29.1 Å². The molecule has 6 heteroatoms. The number of carbonyl (C=O) groups is 2. The van der Waals surface area contributed by atoms with Gasteiger partial charge in [0.1, 0.15) is 5.69 Å². The predicted octanol–water partition coefficient (Wildman–Crippen LogP) is 0.949. The summed E-state index contributed by atoms with van der Waals surface area (Å²) in [6, 6.07) is 2.93. The molecule has 0 aromatic carbocycles. The zero-order valence-corrected chi connectivity index (χ0v) is 10.9. The van der Waals surface area contributed by atoms with Crippen molar-refractivity contribution in [2.45, 2.75) is 19.4 Å². The molecule has 1 aromatic rings. The quantitative estimate of drug-likeness (QED) is 0.879. The highest BCUT2D eigenvalue weighted by Crippen LogP contribution is 2.14. The molecule has 1 N–H and O–H groups in total. The van der Waals surface area contributed by atoms with Crippen LogP contribution < -0.4 is 0 Å². The molecule has 1 aromatic heterocycles. The van der Waals surface area contributed by atoms with Crippen molar-refractivity contribution < 1.29 is 19.4 Å². The molecule has 1 amide bonds. The molecule has 0 aliphatic carbocycles. The lowest BCUT2D eigenvalue weighted by atomic mass is 10.1. The minimum Gasteiger partial charge on any atom is -0.478 e. The topological polar surface area (TPSA) is 79.7 Å². The van der Waals surface area contributed by atoms with Gasteiger partial charge in [0, 0.05) is 13.7 Å². The van der Waals surface area contributed by atoms with E-state index in [2.05, 4.69) is 4.98 Å². The fourth-order valence-corrected chi connectivity index (χ4v) is 2.08. The number of carboxylic acid groups (broad SMARTS) is 1. The van der Waals surface area contributed by atoms with Gasteiger partial charge >= 0.3 is 5.97 Å². The Morgan fingerprint density at radius 2 is 2.21 bits per heavy atom. The van der Waals surface area contributed by atoms with Crippen LogP contribution in [0.5, 0.6) is 0 Å². The van der Waals surface area contributed by atoms with Gasteiger partial charge in [0.2, 0.25) is 0 Å². The van der Waals surface area contributed by atoms with E-state index in [0.29, 0.717) is 18.9 Å². The summed E-state index contributed by atoms with van der Waals surface area (Å²) < 4.78 is 5.25. The van der Waals surface area contributed by atoms with Crippen LogP contribution in [0.1, 0.15) is 33.0 Å². The monoisotopic (exact) mass is 264 g/mol. The van der Waals surface area contributed by atoms with Gasteiger partial charge in [0.25, 0.3) is 5.91 Å². The van der Waals surface area contributed by atoms with Crippen LogP contribution in [0.3, 0.4) is 0 Å². The number of carboxylic acids is 1. The normalized spacial score (nSPS) is 18.3. The SMILES string of the molecule is Cc1nc(C(=O)N(C)C2CCOC2)ccc1C(=O)O. The molecule has 0 spiro atoms. The van der Waals surface area contributed by atoms with Crippen LogP contribution >= 0.6 is 0 Å². The number of nitrogens with zero attached hydrogens (tertiary/aromatic N) is 2. The fraction of sp³-hybridized carbons (Fsp3) is 0.462. The van der Waals surface area contributed by atoms with Crippen LogP contribution in [0.2, 0.25) is 0 Å². The molecule has 1 saturated heterocycles. The number of rotatable bonds is 3. The molecule has 2 rings (SSSR count). The van der Waals surface area contributed by atoms with E-state index in [1.807, 2.05) is 0 Å². The first kappa shape index (κ1) is 13.5. The average molecular weight is 264 g/mol. The van der Waals surface area contributed by atoms with E-state index in [1.54, 1.807) is 18.9 Å². The number of ether oxygens (including phenoxy) is 1. The van der Waals surface area contributed by atoms with Crippen molar-refractivity contribution >= 4 is 11.9 Å². The number of hydrogen-bond donors (Lipinski definition) is 1. The summed E-state index contributed by atoms with van der Waals surface area (Å²) in [6.07, 6.45) is 0.814. The van der Waals surface area contributed by atoms with Crippen LogP contribution in [-0.2, 0) is 4.74 Å². The van der Waals surface area contributed by atoms with Crippen LogP contribution in [0.15, 0.2) is 12.1 Å². The lowest BCUT2D eigenvalue weighted by Gasteiger charge is -2.22. The van der Waals surface area contributed by atoms with E-state index in [4.69, 9.17) is 9.84 Å². The third-order valence-corrected chi connectivity index (χ3v) is 3.31. The smallest absolute Gasteiger partial charge is 0.337 e. The van der Waals surface area contributed by atoms with Crippen molar-refractivity contribution in [2.24, 2.45) is 0 Å². The van der Waals surface area contributed by atoms with Gasteiger partial charge < -0.3 is 14.7 Å². The standard InChI is InChI=1S/C13H16N2O4/c1-8-10(13(17)18)3-4-11(14-8)12(16)15(2)9-5-6-19-7-9/h3-4,9H,5-7H2,1-2H3,(H,17,18). The minimum atomic E-state index is -1.04. The molecule has 2 heterocycles. The van der Waals surface area contributed by atoms with E-state index in [9.17, 15) is 9.59 Å². The molecule has 0 radical (unpaired) electrons. The summed E-state index contributed by atoms with van der Waals surface area (Å²) in [4.78, 5) is 28.8. The Hall–Kier alpha value is -1.95. The Kier molecular flexibility index (Phi) is 3.80. The highest BCUT2D eigenvalue weighted by atomic mass is 16.5. The first-order chi connectivity index (χ1) is 9.00. The predicted molar refractivity (Wildman–Crippen MR) is 67.3 cm³/mol. The lowest BCUT2D eigenvalue weighted by molar-refractivity contribution is 0.0684. The van der Waals surface area contributed by atoms with Gasteiger partial charge in [-0.2, -0.15) is 0 Å². The second-order valence-electron chi connectivity index (χ2n) is 4.57. The first-order valence-corrected chi connectivity index (χ1v) is 6.06. The molecule has 1 atom stereocenters. The summed E-state index contributed by atoms with van der Waals surface area (Å²) in [5.41, 5.74) is 0.717. The summed E-state index contributed by atoms with van der Waals surface area (Å²) >= 11 is 0. The number of carbonyl (C=O) groups excluding carboxylic acids is 1. The molecule has 0 bridgehead atoms. The molecule has 1 unspecified atom stereocenters. The highest BCUT2D eigenvalue weighted by Gasteiger charge is 2.26. The van der Waals surface area contributed by atoms with Gasteiger partial charge in [-0.3, -0.25) is 4.79 Å². The maximum Gasteiger partial charge on any atom is 0.337 e. The Balaban J connectivity index is 2.19. The van der Waals surface area contributed by atoms with Crippen LogP contribution in [-0.4, -0.2) is 53.2 Å². The summed E-state index contributed by atoms with van der Waals surface area (Å²) in [6.45, 7) is 2.78. The molecule has 1 aliphatic heterocycles. The zero-order valence-electron chi connectivity index (χ0n) is 10.9. The van der Waals surface area contributed by atoms with E-state index in [0.717, 1.165) is 6.42 Å². The molecule has 1 aliphatic rings. The summed E-state index contributed by atoms with van der Waals surface area (Å²) in [5.74, 6) is -1.25. The number of aromatic carboxylic acids is 1. The number of aryl methyl sites for hydroxylation is 1. The van der Waals surface area contributed by atoms with Crippen molar-refractivity contribution in [1.82, 2.24) is 9.88 Å². The lowest BCUT2D eigenvalue weighted by Crippen LogP contribution is -2.37. The fourth-order valence-electron chi connectivity index (χ4n) is 2.08. The molecular weight excluding hydrogens is 248 g/mol. The van der Waals surface area contributed by atoms with E-state index in [-0.39, 0.29) is 23.2 Å². The Bertz CT molecular complexity index is 509. The number of likely N-dealkylation sites (N-methyl/N-ethyl adjacent to an activating group) is 1. The number of aromatic nitrogens is 1. The van der Waals surface area contributed by atoms with Crippen molar-refractivity contribution in [2.75, 3.05) is 20.3 Å². The molecule has 19 heavy (non-hydrogen) atoms. The zero-order chi connectivity index (χ0) is 14.0. The number of pyridine rings is 1. The first-order valence-electron chi connectivity index (χ1n) is 6.06. The molecule has 6 nitrogen and oxygen atoms in total. The van der Waals surface area contributed by atoms with E-state index in [1.165, 1.54) is 12.1 Å². The number of amides is 1. The second-order valence-corrected chi connectivity index (χ2v) is 4.57. The van der Waals surface area contributed by atoms with Crippen LogP contribution in [0.4, 0.5) is 0 Å². The maximum atomic E-state index is 12.2. The van der Waals surface area contributed by atoms with Crippen molar-refractivity contribution in [3.8, 4) is 0 Å². The Morgan fingerprint density at radius 3 is 2.74 bits per heavy atom. The Morgan fingerprint density at radius 1 is 1.47 bits per heavy atom. The minimum absolute atomic E-state index is 0.0637. The van der Waals surface area contributed by atoms with Gasteiger partial charge in [-0.05, 0) is 25.5 Å². The van der Waals surface area contributed by atoms with Gasteiger partial charge in [-0.15, -0.1) is 0 Å². The number of hydrogen-bond acceptors (Lipinski definition) is 4. The third-order valence-electron chi connectivity index (χ3n) is 3.31. The van der Waals surface area contributed by atoms with E-state index >= 15 is 0 Å². The van der Waals surface area contributed by atoms with Crippen molar-refractivity contribution in [1.29, 1.82) is 0 Å². The molecule has 0 saturated carbocycles. The third kappa shape index (κ3) is 2.73. The Labute approximate surface area is 111 Å². The molecule has 1 fully saturated rings. The maximum absolute atomic E-state index is 12.2. The van der Waals surface area contributed by atoms with Gasteiger partial charge in [-0.25, -0.2) is 9.78 Å². The summed E-state index contributed by atoms with van der Waals surface area (Å²) in [5, 5.41) is 8.93. The van der Waals surface area contributed by atoms with E-state index < -0.39 is 5.97 Å².